The molecule has 0 heterocycles. The highest BCUT2D eigenvalue weighted by atomic mass is 19.1. The van der Waals surface area contributed by atoms with Crippen molar-refractivity contribution in [3.8, 4) is 5.75 Å². The topological polar surface area (TPSA) is 21.3 Å². The summed E-state index contributed by atoms with van der Waals surface area (Å²) in [6.07, 6.45) is 1.44. The molecule has 3 heteroatoms. The van der Waals surface area contributed by atoms with E-state index in [0.717, 1.165) is 12.1 Å². The fourth-order valence-corrected chi connectivity index (χ4v) is 1.55. The van der Waals surface area contributed by atoms with Crippen LogP contribution < -0.4 is 10.1 Å². The Labute approximate surface area is 102 Å². The zero-order chi connectivity index (χ0) is 12.8. The third kappa shape index (κ3) is 3.86. The molecule has 0 aliphatic heterocycles. The molecule has 2 nitrogen and oxygen atoms in total. The van der Waals surface area contributed by atoms with Gasteiger partial charge in [-0.15, -0.1) is 0 Å². The van der Waals surface area contributed by atoms with Crippen molar-refractivity contribution in [2.24, 2.45) is 0 Å². The lowest BCUT2D eigenvalue weighted by Gasteiger charge is -2.15. The Morgan fingerprint density at radius 3 is 2.71 bits per heavy atom. The summed E-state index contributed by atoms with van der Waals surface area (Å²) < 4.78 is 19.1. The Kier molecular flexibility index (Phi) is 5.16. The maximum atomic E-state index is 13.8. The van der Waals surface area contributed by atoms with E-state index in [9.17, 15) is 4.39 Å². The van der Waals surface area contributed by atoms with Gasteiger partial charge in [0.15, 0.2) is 11.6 Å². The first kappa shape index (κ1) is 13.7. The molecule has 0 radical (unpaired) electrons. The molecule has 1 N–H and O–H groups in total. The molecule has 2 atom stereocenters. The van der Waals surface area contributed by atoms with Crippen LogP contribution in [0, 0.1) is 5.82 Å². The van der Waals surface area contributed by atoms with Crippen LogP contribution in [0.4, 0.5) is 4.39 Å². The second kappa shape index (κ2) is 6.40. The minimum atomic E-state index is -0.332. The SMILES string of the molecule is C=CC(C)Oc1ccc(C(C)NCC)cc1F. The van der Waals surface area contributed by atoms with Gasteiger partial charge in [0.25, 0.3) is 0 Å². The predicted molar refractivity (Wildman–Crippen MR) is 68.8 cm³/mol. The van der Waals surface area contributed by atoms with Gasteiger partial charge in [0.05, 0.1) is 0 Å². The van der Waals surface area contributed by atoms with Crippen LogP contribution >= 0.6 is 0 Å². The van der Waals surface area contributed by atoms with Crippen LogP contribution in [0.5, 0.6) is 5.75 Å². The lowest BCUT2D eigenvalue weighted by atomic mass is 10.1. The normalized spacial score (nSPS) is 14.1. The summed E-state index contributed by atoms with van der Waals surface area (Å²) >= 11 is 0. The van der Waals surface area contributed by atoms with Crippen molar-refractivity contribution in [3.05, 3.63) is 42.2 Å². The molecule has 0 fully saturated rings. The maximum absolute atomic E-state index is 13.8. The first-order valence-electron chi connectivity index (χ1n) is 5.90. The van der Waals surface area contributed by atoms with E-state index in [-0.39, 0.29) is 23.7 Å². The van der Waals surface area contributed by atoms with Crippen LogP contribution in [-0.2, 0) is 0 Å². The van der Waals surface area contributed by atoms with Gasteiger partial charge in [-0.25, -0.2) is 4.39 Å². The average molecular weight is 237 g/mol. The first-order valence-corrected chi connectivity index (χ1v) is 5.90. The number of hydrogen-bond donors (Lipinski definition) is 1. The van der Waals surface area contributed by atoms with Gasteiger partial charge < -0.3 is 10.1 Å². The highest BCUT2D eigenvalue weighted by Gasteiger charge is 2.10. The van der Waals surface area contributed by atoms with Gasteiger partial charge in [-0.3, -0.25) is 0 Å². The monoisotopic (exact) mass is 237 g/mol. The van der Waals surface area contributed by atoms with Crippen molar-refractivity contribution in [1.29, 1.82) is 0 Å². The van der Waals surface area contributed by atoms with Crippen molar-refractivity contribution < 1.29 is 9.13 Å². The van der Waals surface area contributed by atoms with Crippen molar-refractivity contribution in [3.63, 3.8) is 0 Å². The Morgan fingerprint density at radius 2 is 2.18 bits per heavy atom. The summed E-state index contributed by atoms with van der Waals surface area (Å²) in [7, 11) is 0. The molecule has 1 aromatic rings. The van der Waals surface area contributed by atoms with Crippen LogP contribution in [0.25, 0.3) is 0 Å². The molecule has 0 saturated carbocycles. The van der Waals surface area contributed by atoms with E-state index >= 15 is 0 Å². The second-order valence-corrected chi connectivity index (χ2v) is 4.03. The minimum absolute atomic E-state index is 0.139. The standard InChI is InChI=1S/C14H20FNO/c1-5-10(3)17-14-8-7-12(9-13(14)15)11(4)16-6-2/h5,7-11,16H,1,6H2,2-4H3. The van der Waals surface area contributed by atoms with E-state index in [1.165, 1.54) is 6.07 Å². The van der Waals surface area contributed by atoms with Crippen molar-refractivity contribution in [2.45, 2.75) is 32.9 Å². The average Bonchev–Trinajstić information content (AvgIpc) is 2.31. The maximum Gasteiger partial charge on any atom is 0.165 e. The molecule has 2 unspecified atom stereocenters. The smallest absolute Gasteiger partial charge is 0.165 e. The van der Waals surface area contributed by atoms with Gasteiger partial charge in [-0.1, -0.05) is 25.6 Å². The summed E-state index contributed by atoms with van der Waals surface area (Å²) in [6, 6.07) is 5.19. The van der Waals surface area contributed by atoms with E-state index in [0.29, 0.717) is 0 Å². The lowest BCUT2D eigenvalue weighted by Crippen LogP contribution is -2.18. The van der Waals surface area contributed by atoms with Gasteiger partial charge >= 0.3 is 0 Å². The third-order valence-corrected chi connectivity index (χ3v) is 2.61. The highest BCUT2D eigenvalue weighted by Crippen LogP contribution is 2.23. The van der Waals surface area contributed by atoms with E-state index < -0.39 is 0 Å². The van der Waals surface area contributed by atoms with Crippen molar-refractivity contribution in [1.82, 2.24) is 5.32 Å². The minimum Gasteiger partial charge on any atom is -0.484 e. The molecular weight excluding hydrogens is 217 g/mol. The molecule has 1 rings (SSSR count). The fraction of sp³-hybridized carbons (Fsp3) is 0.429. The Hall–Kier alpha value is -1.35. The summed E-state index contributed by atoms with van der Waals surface area (Å²) in [5.74, 6) is -0.0641. The molecular formula is C14H20FNO. The van der Waals surface area contributed by atoms with Crippen molar-refractivity contribution in [2.75, 3.05) is 6.54 Å². The summed E-state index contributed by atoms with van der Waals surface area (Å²) in [5, 5.41) is 3.24. The summed E-state index contributed by atoms with van der Waals surface area (Å²) in [6.45, 7) is 10.3. The highest BCUT2D eigenvalue weighted by molar-refractivity contribution is 5.31. The molecule has 0 aliphatic rings. The molecule has 0 saturated heterocycles. The zero-order valence-corrected chi connectivity index (χ0v) is 10.7. The van der Waals surface area contributed by atoms with Crippen LogP contribution in [0.1, 0.15) is 32.4 Å². The number of halogens is 1. The fourth-order valence-electron chi connectivity index (χ4n) is 1.55. The number of hydrogen-bond acceptors (Lipinski definition) is 2. The van der Waals surface area contributed by atoms with Crippen LogP contribution in [0.2, 0.25) is 0 Å². The molecule has 0 aromatic heterocycles. The molecule has 0 spiro atoms. The summed E-state index contributed by atoms with van der Waals surface area (Å²) in [5.41, 5.74) is 0.919. The van der Waals surface area contributed by atoms with Gasteiger partial charge in [0.2, 0.25) is 0 Å². The summed E-state index contributed by atoms with van der Waals surface area (Å²) in [4.78, 5) is 0. The van der Waals surface area contributed by atoms with Crippen LogP contribution in [-0.4, -0.2) is 12.6 Å². The lowest BCUT2D eigenvalue weighted by molar-refractivity contribution is 0.257. The first-order chi connectivity index (χ1) is 8.08. The quantitative estimate of drug-likeness (QED) is 0.765. The Morgan fingerprint density at radius 1 is 1.47 bits per heavy atom. The molecule has 0 bridgehead atoms. The molecule has 0 amide bonds. The van der Waals surface area contributed by atoms with Crippen molar-refractivity contribution >= 4 is 0 Å². The molecule has 94 valence electrons. The predicted octanol–water partition coefficient (Wildman–Crippen LogP) is 3.45. The number of rotatable bonds is 6. The van der Waals surface area contributed by atoms with E-state index in [1.54, 1.807) is 12.1 Å². The van der Waals surface area contributed by atoms with Gasteiger partial charge in [-0.2, -0.15) is 0 Å². The van der Waals surface area contributed by atoms with Gasteiger partial charge in [0, 0.05) is 6.04 Å². The number of benzene rings is 1. The van der Waals surface area contributed by atoms with Crippen LogP contribution in [0.15, 0.2) is 30.9 Å². The van der Waals surface area contributed by atoms with Gasteiger partial charge in [-0.05, 0) is 38.1 Å². The van der Waals surface area contributed by atoms with Crippen LogP contribution in [0.3, 0.4) is 0 Å². The largest absolute Gasteiger partial charge is 0.484 e. The Balaban J connectivity index is 2.82. The number of nitrogens with one attached hydrogen (secondary N) is 1. The van der Waals surface area contributed by atoms with E-state index in [4.69, 9.17) is 4.74 Å². The zero-order valence-electron chi connectivity index (χ0n) is 10.7. The molecule has 0 aliphatic carbocycles. The van der Waals surface area contributed by atoms with E-state index in [1.807, 2.05) is 26.8 Å². The number of ether oxygens (including phenoxy) is 1. The molecule has 17 heavy (non-hydrogen) atoms. The third-order valence-electron chi connectivity index (χ3n) is 2.61. The molecule has 1 aromatic carbocycles. The Bertz CT molecular complexity index is 378. The second-order valence-electron chi connectivity index (χ2n) is 4.03. The van der Waals surface area contributed by atoms with E-state index in [2.05, 4.69) is 11.9 Å². The van der Waals surface area contributed by atoms with Gasteiger partial charge in [0.1, 0.15) is 6.10 Å².